The van der Waals surface area contributed by atoms with Crippen molar-refractivity contribution in [3.05, 3.63) is 0 Å². The summed E-state index contributed by atoms with van der Waals surface area (Å²) in [5.41, 5.74) is 0. The van der Waals surface area contributed by atoms with E-state index in [0.29, 0.717) is 0 Å². The summed E-state index contributed by atoms with van der Waals surface area (Å²) in [5.74, 6) is -0.751. The van der Waals surface area contributed by atoms with Crippen LogP contribution >= 0.6 is 0 Å². The van der Waals surface area contributed by atoms with Crippen LogP contribution in [0.25, 0.3) is 0 Å². The van der Waals surface area contributed by atoms with Gasteiger partial charge in [-0.15, -0.1) is 0 Å². The van der Waals surface area contributed by atoms with Gasteiger partial charge in [0.25, 0.3) is 0 Å². The third-order valence-electron chi connectivity index (χ3n) is 2.63. The van der Waals surface area contributed by atoms with Crippen LogP contribution in [-0.2, 0) is 9.53 Å². The van der Waals surface area contributed by atoms with Gasteiger partial charge >= 0.3 is 5.97 Å². The lowest BCUT2D eigenvalue weighted by atomic mass is 10.1. The molecule has 0 bridgehead atoms. The molecule has 4 nitrogen and oxygen atoms in total. The Hall–Kier alpha value is -0.610. The molecule has 0 unspecified atom stereocenters. The molecule has 15 heavy (non-hydrogen) atoms. The van der Waals surface area contributed by atoms with Gasteiger partial charge in [-0.2, -0.15) is 0 Å². The Kier molecular flexibility index (Phi) is 5.65. The van der Waals surface area contributed by atoms with Gasteiger partial charge in [-0.3, -0.25) is 9.69 Å². The smallest absolute Gasteiger partial charge is 0.317 e. The van der Waals surface area contributed by atoms with Gasteiger partial charge in [-0.05, 0) is 32.2 Å². The minimum absolute atomic E-state index is 0.133. The molecular formula is C11H21NO3. The third kappa shape index (κ3) is 5.14. The number of rotatable bonds is 6. The fraction of sp³-hybridized carbons (Fsp3) is 0.909. The predicted molar refractivity (Wildman–Crippen MR) is 58.0 cm³/mol. The van der Waals surface area contributed by atoms with Crippen molar-refractivity contribution < 1.29 is 14.6 Å². The molecule has 0 aromatic rings. The van der Waals surface area contributed by atoms with Gasteiger partial charge in [-0.25, -0.2) is 0 Å². The van der Waals surface area contributed by atoms with Crippen molar-refractivity contribution in [3.8, 4) is 0 Å². The number of hydrogen-bond donors (Lipinski definition) is 1. The third-order valence-corrected chi connectivity index (χ3v) is 2.63. The van der Waals surface area contributed by atoms with Gasteiger partial charge in [0.1, 0.15) is 0 Å². The molecule has 1 heterocycles. The van der Waals surface area contributed by atoms with E-state index in [4.69, 9.17) is 9.84 Å². The maximum absolute atomic E-state index is 10.6. The quantitative estimate of drug-likeness (QED) is 0.726. The molecule has 1 N–H and O–H groups in total. The highest BCUT2D eigenvalue weighted by molar-refractivity contribution is 5.69. The van der Waals surface area contributed by atoms with E-state index >= 15 is 0 Å². The predicted octanol–water partition coefficient (Wildman–Crippen LogP) is 1.35. The summed E-state index contributed by atoms with van der Waals surface area (Å²) < 4.78 is 5.60. The second-order valence-corrected chi connectivity index (χ2v) is 4.12. The molecule has 1 atom stereocenters. The van der Waals surface area contributed by atoms with Crippen molar-refractivity contribution in [2.45, 2.75) is 38.7 Å². The Morgan fingerprint density at radius 2 is 2.33 bits per heavy atom. The molecule has 1 rings (SSSR count). The molecule has 4 heteroatoms. The molecule has 0 amide bonds. The van der Waals surface area contributed by atoms with Gasteiger partial charge in [0.15, 0.2) is 0 Å². The van der Waals surface area contributed by atoms with Crippen molar-refractivity contribution in [2.75, 3.05) is 26.2 Å². The minimum Gasteiger partial charge on any atom is -0.480 e. The van der Waals surface area contributed by atoms with Crippen LogP contribution in [0.15, 0.2) is 0 Å². The fourth-order valence-electron chi connectivity index (χ4n) is 1.98. The number of hydrogen-bond acceptors (Lipinski definition) is 3. The van der Waals surface area contributed by atoms with E-state index in [2.05, 4.69) is 6.92 Å². The zero-order chi connectivity index (χ0) is 11.1. The minimum atomic E-state index is -0.751. The molecule has 0 radical (unpaired) electrons. The lowest BCUT2D eigenvalue weighted by Crippen LogP contribution is -2.39. The summed E-state index contributed by atoms with van der Waals surface area (Å²) in [6.45, 7) is 4.63. The van der Waals surface area contributed by atoms with E-state index in [1.165, 1.54) is 6.42 Å². The Morgan fingerprint density at radius 3 is 2.87 bits per heavy atom. The Balaban J connectivity index is 2.31. The van der Waals surface area contributed by atoms with Gasteiger partial charge in [-0.1, -0.05) is 6.92 Å². The van der Waals surface area contributed by atoms with Crippen LogP contribution in [0.5, 0.6) is 0 Å². The largest absolute Gasteiger partial charge is 0.480 e. The number of carbonyl (C=O) groups is 1. The zero-order valence-corrected chi connectivity index (χ0v) is 9.45. The van der Waals surface area contributed by atoms with Gasteiger partial charge < -0.3 is 9.84 Å². The second-order valence-electron chi connectivity index (χ2n) is 4.12. The second kappa shape index (κ2) is 6.80. The normalized spacial score (nSPS) is 21.9. The van der Waals surface area contributed by atoms with Crippen LogP contribution in [0.2, 0.25) is 0 Å². The van der Waals surface area contributed by atoms with Gasteiger partial charge in [0, 0.05) is 13.2 Å². The molecule has 1 fully saturated rings. The number of ether oxygens (including phenoxy) is 1. The van der Waals surface area contributed by atoms with Crippen LogP contribution in [0, 0.1) is 0 Å². The maximum atomic E-state index is 10.6. The van der Waals surface area contributed by atoms with Crippen LogP contribution in [0.3, 0.4) is 0 Å². The van der Waals surface area contributed by atoms with Crippen molar-refractivity contribution in [3.63, 3.8) is 0 Å². The van der Waals surface area contributed by atoms with Crippen LogP contribution < -0.4 is 0 Å². The molecule has 1 aliphatic rings. The van der Waals surface area contributed by atoms with Crippen LogP contribution in [0.4, 0.5) is 0 Å². The molecule has 1 saturated heterocycles. The van der Waals surface area contributed by atoms with Gasteiger partial charge in [0.2, 0.25) is 0 Å². The lowest BCUT2D eigenvalue weighted by molar-refractivity contribution is -0.138. The Bertz CT molecular complexity index is 190. The summed E-state index contributed by atoms with van der Waals surface area (Å²) in [6.07, 6.45) is 4.64. The Morgan fingerprint density at radius 1 is 1.53 bits per heavy atom. The SMILES string of the molecule is CCCN(CC(=O)O)C[C@H]1CCCCO1. The molecule has 0 aromatic carbocycles. The monoisotopic (exact) mass is 215 g/mol. The molecule has 1 aliphatic heterocycles. The number of nitrogens with zero attached hydrogens (tertiary/aromatic N) is 1. The molecule has 0 saturated carbocycles. The van der Waals surface area contributed by atoms with Crippen molar-refractivity contribution in [1.82, 2.24) is 4.90 Å². The lowest BCUT2D eigenvalue weighted by Gasteiger charge is -2.28. The Labute approximate surface area is 91.2 Å². The first-order valence-electron chi connectivity index (χ1n) is 5.78. The van der Waals surface area contributed by atoms with E-state index in [9.17, 15) is 4.79 Å². The summed E-state index contributed by atoms with van der Waals surface area (Å²) >= 11 is 0. The molecule has 0 spiro atoms. The van der Waals surface area contributed by atoms with Crippen LogP contribution in [-0.4, -0.2) is 48.3 Å². The summed E-state index contributed by atoms with van der Waals surface area (Å²) in [4.78, 5) is 12.6. The molecule has 88 valence electrons. The molecule has 0 aliphatic carbocycles. The first-order chi connectivity index (χ1) is 7.22. The maximum Gasteiger partial charge on any atom is 0.317 e. The van der Waals surface area contributed by atoms with E-state index in [-0.39, 0.29) is 12.6 Å². The highest BCUT2D eigenvalue weighted by atomic mass is 16.5. The summed E-state index contributed by atoms with van der Waals surface area (Å²) in [5, 5.41) is 8.76. The fourth-order valence-corrected chi connectivity index (χ4v) is 1.98. The number of carboxylic acid groups (broad SMARTS) is 1. The first kappa shape index (κ1) is 12.5. The zero-order valence-electron chi connectivity index (χ0n) is 9.45. The molecular weight excluding hydrogens is 194 g/mol. The van der Waals surface area contributed by atoms with E-state index < -0.39 is 5.97 Å². The highest BCUT2D eigenvalue weighted by Crippen LogP contribution is 2.13. The van der Waals surface area contributed by atoms with Crippen molar-refractivity contribution in [1.29, 1.82) is 0 Å². The van der Waals surface area contributed by atoms with E-state index in [1.807, 2.05) is 4.90 Å². The summed E-state index contributed by atoms with van der Waals surface area (Å²) in [6, 6.07) is 0. The number of carboxylic acids is 1. The first-order valence-corrected chi connectivity index (χ1v) is 5.78. The van der Waals surface area contributed by atoms with Gasteiger partial charge in [0.05, 0.1) is 12.6 Å². The number of aliphatic carboxylic acids is 1. The average molecular weight is 215 g/mol. The average Bonchev–Trinajstić information content (AvgIpc) is 2.18. The van der Waals surface area contributed by atoms with Crippen molar-refractivity contribution in [2.24, 2.45) is 0 Å². The van der Waals surface area contributed by atoms with E-state index in [1.54, 1.807) is 0 Å². The van der Waals surface area contributed by atoms with Crippen LogP contribution in [0.1, 0.15) is 32.6 Å². The van der Waals surface area contributed by atoms with Crippen molar-refractivity contribution >= 4 is 5.97 Å². The summed E-state index contributed by atoms with van der Waals surface area (Å²) in [7, 11) is 0. The standard InChI is InChI=1S/C11H21NO3/c1-2-6-12(9-11(13)14)8-10-5-3-4-7-15-10/h10H,2-9H2,1H3,(H,13,14)/t10-/m1/s1. The van der Waals surface area contributed by atoms with E-state index in [0.717, 1.165) is 39.0 Å². The topological polar surface area (TPSA) is 49.8 Å². The highest BCUT2D eigenvalue weighted by Gasteiger charge is 2.18. The molecule has 0 aromatic heterocycles.